The maximum absolute atomic E-state index is 13.7. The quantitative estimate of drug-likeness (QED) is 0.860. The Hall–Kier alpha value is -1.83. The molecule has 2 aromatic rings. The van der Waals surface area contributed by atoms with E-state index in [4.69, 9.17) is 14.0 Å². The summed E-state index contributed by atoms with van der Waals surface area (Å²) in [7, 11) is 0. The first-order valence-electron chi connectivity index (χ1n) is 8.23. The van der Waals surface area contributed by atoms with E-state index in [0.717, 1.165) is 25.9 Å². The smallest absolute Gasteiger partial charge is 0.241 e. The molecule has 24 heavy (non-hydrogen) atoms. The van der Waals surface area contributed by atoms with Crippen LogP contribution in [0.3, 0.4) is 0 Å². The van der Waals surface area contributed by atoms with Crippen LogP contribution in [0.1, 0.15) is 24.3 Å². The molecule has 4 rings (SSSR count). The lowest BCUT2D eigenvalue weighted by Crippen LogP contribution is -2.44. The zero-order valence-electron chi connectivity index (χ0n) is 13.6. The SMILES string of the molecule is Cc1ccc(-c2noc(CN3CCC4(CC3)OCCO4)n2)cc1F. The van der Waals surface area contributed by atoms with Crippen LogP contribution in [0.25, 0.3) is 11.4 Å². The first-order chi connectivity index (χ1) is 11.6. The van der Waals surface area contributed by atoms with Gasteiger partial charge in [0.05, 0.1) is 19.8 Å². The van der Waals surface area contributed by atoms with Crippen molar-refractivity contribution in [1.82, 2.24) is 15.0 Å². The molecule has 7 heteroatoms. The van der Waals surface area contributed by atoms with E-state index in [1.807, 2.05) is 0 Å². The van der Waals surface area contributed by atoms with Crippen LogP contribution in [0, 0.1) is 12.7 Å². The molecule has 2 fully saturated rings. The topological polar surface area (TPSA) is 60.6 Å². The Morgan fingerprint density at radius 1 is 1.21 bits per heavy atom. The molecule has 0 saturated carbocycles. The molecule has 6 nitrogen and oxygen atoms in total. The molecule has 1 aromatic heterocycles. The Labute approximate surface area is 139 Å². The summed E-state index contributed by atoms with van der Waals surface area (Å²) in [6.07, 6.45) is 1.69. The molecule has 0 radical (unpaired) electrons. The van der Waals surface area contributed by atoms with Gasteiger partial charge in [0.1, 0.15) is 5.82 Å². The van der Waals surface area contributed by atoms with Gasteiger partial charge in [-0.3, -0.25) is 4.90 Å². The normalized spacial score (nSPS) is 20.8. The third kappa shape index (κ3) is 3.07. The van der Waals surface area contributed by atoms with Crippen molar-refractivity contribution in [3.8, 4) is 11.4 Å². The van der Waals surface area contributed by atoms with E-state index < -0.39 is 0 Å². The number of likely N-dealkylation sites (tertiary alicyclic amines) is 1. The van der Waals surface area contributed by atoms with Crippen molar-refractivity contribution in [3.63, 3.8) is 0 Å². The number of halogens is 1. The summed E-state index contributed by atoms with van der Waals surface area (Å²) in [5.74, 6) is 0.308. The van der Waals surface area contributed by atoms with E-state index in [2.05, 4.69) is 15.0 Å². The average molecular weight is 333 g/mol. The van der Waals surface area contributed by atoms with Gasteiger partial charge in [-0.15, -0.1) is 0 Å². The van der Waals surface area contributed by atoms with Gasteiger partial charge in [-0.2, -0.15) is 4.98 Å². The number of aromatic nitrogens is 2. The first kappa shape index (κ1) is 15.7. The van der Waals surface area contributed by atoms with Crippen molar-refractivity contribution in [2.45, 2.75) is 32.1 Å². The maximum Gasteiger partial charge on any atom is 0.241 e. The number of nitrogens with zero attached hydrogens (tertiary/aromatic N) is 3. The Morgan fingerprint density at radius 2 is 1.96 bits per heavy atom. The third-order valence-electron chi connectivity index (χ3n) is 4.69. The predicted molar refractivity (Wildman–Crippen MR) is 83.6 cm³/mol. The van der Waals surface area contributed by atoms with Crippen molar-refractivity contribution in [2.75, 3.05) is 26.3 Å². The molecule has 128 valence electrons. The van der Waals surface area contributed by atoms with Crippen LogP contribution in [0.4, 0.5) is 4.39 Å². The third-order valence-corrected chi connectivity index (χ3v) is 4.69. The van der Waals surface area contributed by atoms with E-state index in [1.165, 1.54) is 6.07 Å². The second kappa shape index (κ2) is 6.23. The highest BCUT2D eigenvalue weighted by atomic mass is 19.1. The molecule has 2 saturated heterocycles. The molecular weight excluding hydrogens is 313 g/mol. The van der Waals surface area contributed by atoms with E-state index in [0.29, 0.717) is 42.6 Å². The summed E-state index contributed by atoms with van der Waals surface area (Å²) >= 11 is 0. The Bertz CT molecular complexity index is 718. The number of aryl methyl sites for hydroxylation is 1. The summed E-state index contributed by atoms with van der Waals surface area (Å²) in [5.41, 5.74) is 1.22. The largest absolute Gasteiger partial charge is 0.347 e. The molecular formula is C17H20FN3O3. The number of hydrogen-bond acceptors (Lipinski definition) is 6. The first-order valence-corrected chi connectivity index (χ1v) is 8.23. The van der Waals surface area contributed by atoms with E-state index >= 15 is 0 Å². The van der Waals surface area contributed by atoms with Gasteiger partial charge in [-0.05, 0) is 18.6 Å². The molecule has 1 aromatic carbocycles. The predicted octanol–water partition coefficient (Wildman–Crippen LogP) is 2.52. The highest BCUT2D eigenvalue weighted by Crippen LogP contribution is 2.31. The number of hydrogen-bond donors (Lipinski definition) is 0. The summed E-state index contributed by atoms with van der Waals surface area (Å²) < 4.78 is 30.4. The van der Waals surface area contributed by atoms with Gasteiger partial charge >= 0.3 is 0 Å². The average Bonchev–Trinajstić information content (AvgIpc) is 3.23. The highest BCUT2D eigenvalue weighted by Gasteiger charge is 2.39. The molecule has 2 aliphatic heterocycles. The highest BCUT2D eigenvalue weighted by molar-refractivity contribution is 5.54. The lowest BCUT2D eigenvalue weighted by molar-refractivity contribution is -0.186. The Morgan fingerprint density at radius 3 is 2.67 bits per heavy atom. The van der Waals surface area contributed by atoms with Crippen LogP contribution in [0.15, 0.2) is 22.7 Å². The minimum atomic E-state index is -0.379. The van der Waals surface area contributed by atoms with E-state index in [9.17, 15) is 4.39 Å². The Balaban J connectivity index is 1.39. The summed E-state index contributed by atoms with van der Waals surface area (Å²) in [4.78, 5) is 6.63. The zero-order chi connectivity index (χ0) is 16.6. The van der Waals surface area contributed by atoms with Gasteiger partial charge in [0, 0.05) is 31.5 Å². The minimum Gasteiger partial charge on any atom is -0.347 e. The zero-order valence-corrected chi connectivity index (χ0v) is 13.6. The van der Waals surface area contributed by atoms with Crippen LogP contribution in [-0.4, -0.2) is 47.1 Å². The standard InChI is InChI=1S/C17H20FN3O3/c1-12-2-3-13(10-14(12)18)16-19-15(24-20-16)11-21-6-4-17(5-7-21)22-8-9-23-17/h2-3,10H,4-9,11H2,1H3. The van der Waals surface area contributed by atoms with Crippen LogP contribution in [0.2, 0.25) is 0 Å². The summed E-state index contributed by atoms with van der Waals surface area (Å²) in [6.45, 7) is 5.38. The van der Waals surface area contributed by atoms with Gasteiger partial charge in [0.25, 0.3) is 0 Å². The maximum atomic E-state index is 13.7. The lowest BCUT2D eigenvalue weighted by atomic mass is 10.0. The summed E-state index contributed by atoms with van der Waals surface area (Å²) in [5, 5.41) is 3.96. The number of piperidine rings is 1. The lowest BCUT2D eigenvalue weighted by Gasteiger charge is -2.36. The number of benzene rings is 1. The molecule has 0 unspecified atom stereocenters. The van der Waals surface area contributed by atoms with Crippen LogP contribution in [-0.2, 0) is 16.0 Å². The monoisotopic (exact) mass is 333 g/mol. The van der Waals surface area contributed by atoms with Crippen molar-refractivity contribution in [3.05, 3.63) is 35.5 Å². The van der Waals surface area contributed by atoms with Gasteiger partial charge in [0.2, 0.25) is 11.7 Å². The number of ether oxygens (including phenoxy) is 2. The van der Waals surface area contributed by atoms with Gasteiger partial charge in [-0.25, -0.2) is 4.39 Å². The second-order valence-corrected chi connectivity index (χ2v) is 6.36. The molecule has 2 aliphatic rings. The van der Waals surface area contributed by atoms with E-state index in [1.54, 1.807) is 19.1 Å². The molecule has 0 atom stereocenters. The second-order valence-electron chi connectivity index (χ2n) is 6.36. The van der Waals surface area contributed by atoms with Crippen LogP contribution in [0.5, 0.6) is 0 Å². The molecule has 0 amide bonds. The Kier molecular flexibility index (Phi) is 4.07. The molecule has 0 bridgehead atoms. The van der Waals surface area contributed by atoms with Gasteiger partial charge in [-0.1, -0.05) is 17.3 Å². The van der Waals surface area contributed by atoms with E-state index in [-0.39, 0.29) is 11.6 Å². The van der Waals surface area contributed by atoms with Crippen molar-refractivity contribution in [2.24, 2.45) is 0 Å². The molecule has 1 spiro atoms. The fourth-order valence-electron chi connectivity index (χ4n) is 3.20. The van der Waals surface area contributed by atoms with Gasteiger partial charge < -0.3 is 14.0 Å². The van der Waals surface area contributed by atoms with Gasteiger partial charge in [0.15, 0.2) is 5.79 Å². The fourth-order valence-corrected chi connectivity index (χ4v) is 3.20. The summed E-state index contributed by atoms with van der Waals surface area (Å²) in [6, 6.07) is 4.95. The molecule has 0 aliphatic carbocycles. The molecule has 3 heterocycles. The van der Waals surface area contributed by atoms with Crippen molar-refractivity contribution in [1.29, 1.82) is 0 Å². The van der Waals surface area contributed by atoms with Crippen LogP contribution >= 0.6 is 0 Å². The molecule has 0 N–H and O–H groups in total. The fraction of sp³-hybridized carbons (Fsp3) is 0.529. The van der Waals surface area contributed by atoms with Crippen molar-refractivity contribution < 1.29 is 18.4 Å². The minimum absolute atomic E-state index is 0.267. The number of rotatable bonds is 3. The van der Waals surface area contributed by atoms with Crippen LogP contribution < -0.4 is 0 Å². The van der Waals surface area contributed by atoms with Crippen molar-refractivity contribution >= 4 is 0 Å².